The van der Waals surface area contributed by atoms with Gasteiger partial charge in [0.15, 0.2) is 0 Å². The smallest absolute Gasteiger partial charge is 0.376 e. The zero-order valence-electron chi connectivity index (χ0n) is 10.7. The Morgan fingerprint density at radius 3 is 2.95 bits per heavy atom. The number of hydrogen-bond acceptors (Lipinski definition) is 6. The van der Waals surface area contributed by atoms with Crippen molar-refractivity contribution in [1.82, 2.24) is 9.97 Å². The number of aromatic nitrogens is 2. The lowest BCUT2D eigenvalue weighted by Crippen LogP contribution is -2.30. The molecule has 7 heteroatoms. The molecule has 1 aromatic rings. The van der Waals surface area contributed by atoms with E-state index in [9.17, 15) is 4.79 Å². The molecule has 1 aromatic heterocycles. The first kappa shape index (κ1) is 13.7. The van der Waals surface area contributed by atoms with Crippen molar-refractivity contribution in [2.75, 3.05) is 18.6 Å². The van der Waals surface area contributed by atoms with E-state index >= 15 is 0 Å². The van der Waals surface area contributed by atoms with Gasteiger partial charge in [-0.25, -0.2) is 14.8 Å². The maximum atomic E-state index is 11.4. The highest BCUT2D eigenvalue weighted by atomic mass is 32.1. The van der Waals surface area contributed by atoms with Gasteiger partial charge < -0.3 is 15.4 Å². The molecule has 1 aliphatic rings. The van der Waals surface area contributed by atoms with Crippen LogP contribution in [0.1, 0.15) is 29.9 Å². The summed E-state index contributed by atoms with van der Waals surface area (Å²) in [7, 11) is 1.31. The fourth-order valence-corrected chi connectivity index (χ4v) is 1.89. The fourth-order valence-electron chi connectivity index (χ4n) is 1.80. The number of nitrogens with zero attached hydrogens (tertiary/aromatic N) is 3. The molecule has 0 aromatic carbocycles. The number of hydrogen-bond donors (Lipinski definition) is 1. The molecule has 2 N–H and O–H groups in total. The summed E-state index contributed by atoms with van der Waals surface area (Å²) in [4.78, 5) is 22.2. The van der Waals surface area contributed by atoms with Gasteiger partial charge in [0.05, 0.1) is 12.1 Å². The van der Waals surface area contributed by atoms with Crippen LogP contribution >= 0.6 is 12.2 Å². The molecular formula is C12H16N4O2S. The molecule has 19 heavy (non-hydrogen) atoms. The maximum absolute atomic E-state index is 11.4. The van der Waals surface area contributed by atoms with Gasteiger partial charge in [-0.15, -0.1) is 0 Å². The van der Waals surface area contributed by atoms with Crippen LogP contribution in [0.3, 0.4) is 0 Å². The second-order valence-electron chi connectivity index (χ2n) is 4.37. The average Bonchev–Trinajstić information content (AvgIpc) is 3.23. The van der Waals surface area contributed by atoms with E-state index in [1.807, 2.05) is 0 Å². The van der Waals surface area contributed by atoms with Gasteiger partial charge in [-0.2, -0.15) is 0 Å². The fraction of sp³-hybridized carbons (Fsp3) is 0.500. The Labute approximate surface area is 117 Å². The monoisotopic (exact) mass is 280 g/mol. The minimum absolute atomic E-state index is 0.0703. The van der Waals surface area contributed by atoms with Crippen LogP contribution in [-0.4, -0.2) is 40.6 Å². The molecule has 0 spiro atoms. The van der Waals surface area contributed by atoms with Crippen LogP contribution in [0.5, 0.6) is 0 Å². The number of esters is 1. The van der Waals surface area contributed by atoms with Crippen LogP contribution in [-0.2, 0) is 4.74 Å². The Bertz CT molecular complexity index is 490. The first-order valence-corrected chi connectivity index (χ1v) is 6.49. The van der Waals surface area contributed by atoms with E-state index in [0.717, 1.165) is 12.8 Å². The lowest BCUT2D eigenvalue weighted by Gasteiger charge is -2.23. The van der Waals surface area contributed by atoms with E-state index in [2.05, 4.69) is 19.6 Å². The van der Waals surface area contributed by atoms with Crippen LogP contribution in [0.15, 0.2) is 12.3 Å². The Morgan fingerprint density at radius 2 is 2.37 bits per heavy atom. The Kier molecular flexibility index (Phi) is 4.26. The van der Waals surface area contributed by atoms with Crippen LogP contribution in [0.4, 0.5) is 5.82 Å². The van der Waals surface area contributed by atoms with Crippen molar-refractivity contribution in [1.29, 1.82) is 0 Å². The van der Waals surface area contributed by atoms with Crippen LogP contribution in [0.25, 0.3) is 0 Å². The van der Waals surface area contributed by atoms with Crippen molar-refractivity contribution < 1.29 is 9.53 Å². The predicted octanol–water partition coefficient (Wildman–Crippen LogP) is 0.908. The lowest BCUT2D eigenvalue weighted by atomic mass is 10.3. The largest absolute Gasteiger partial charge is 0.463 e. The van der Waals surface area contributed by atoms with Gasteiger partial charge in [0.1, 0.15) is 5.82 Å². The number of rotatable bonds is 6. The number of carbonyl (C=O) groups excluding carboxylic acids is 1. The van der Waals surface area contributed by atoms with E-state index in [-0.39, 0.29) is 5.82 Å². The van der Waals surface area contributed by atoms with E-state index in [1.165, 1.54) is 7.11 Å². The molecule has 0 unspecified atom stereocenters. The molecule has 0 atom stereocenters. The predicted molar refractivity (Wildman–Crippen MR) is 75.1 cm³/mol. The molecule has 0 aliphatic heterocycles. The summed E-state index contributed by atoms with van der Waals surface area (Å²) < 4.78 is 4.62. The highest BCUT2D eigenvalue weighted by molar-refractivity contribution is 7.80. The summed E-state index contributed by atoms with van der Waals surface area (Å²) in [5, 5.41) is 0. The molecule has 0 bridgehead atoms. The number of ether oxygens (including phenoxy) is 1. The minimum Gasteiger partial charge on any atom is -0.463 e. The molecule has 1 aliphatic carbocycles. The van der Waals surface area contributed by atoms with Crippen molar-refractivity contribution in [2.24, 2.45) is 5.73 Å². The van der Waals surface area contributed by atoms with Gasteiger partial charge in [0, 0.05) is 25.2 Å². The minimum atomic E-state index is -0.535. The third-order valence-electron chi connectivity index (χ3n) is 2.89. The Balaban J connectivity index is 2.16. The van der Waals surface area contributed by atoms with Crippen molar-refractivity contribution in [3.8, 4) is 0 Å². The molecule has 0 radical (unpaired) electrons. The van der Waals surface area contributed by atoms with Gasteiger partial charge in [-0.05, 0) is 18.9 Å². The number of anilines is 1. The molecule has 1 saturated carbocycles. The maximum Gasteiger partial charge on any atom is 0.376 e. The molecular weight excluding hydrogens is 264 g/mol. The summed E-state index contributed by atoms with van der Waals surface area (Å²) in [5.74, 6) is 0.252. The molecule has 0 saturated heterocycles. The molecule has 1 heterocycles. The molecule has 102 valence electrons. The van der Waals surface area contributed by atoms with Crippen LogP contribution in [0.2, 0.25) is 0 Å². The Hall–Kier alpha value is -1.76. The van der Waals surface area contributed by atoms with E-state index in [0.29, 0.717) is 29.8 Å². The van der Waals surface area contributed by atoms with Crippen LogP contribution < -0.4 is 10.6 Å². The van der Waals surface area contributed by atoms with Gasteiger partial charge in [0.25, 0.3) is 0 Å². The van der Waals surface area contributed by atoms with E-state index in [1.54, 1.807) is 12.3 Å². The zero-order valence-corrected chi connectivity index (χ0v) is 11.5. The van der Waals surface area contributed by atoms with Gasteiger partial charge in [-0.1, -0.05) is 12.2 Å². The molecule has 1 fully saturated rings. The quantitative estimate of drug-likeness (QED) is 0.612. The first-order valence-electron chi connectivity index (χ1n) is 6.08. The summed E-state index contributed by atoms with van der Waals surface area (Å²) in [6, 6.07) is 2.24. The summed E-state index contributed by atoms with van der Waals surface area (Å²) >= 11 is 4.90. The lowest BCUT2D eigenvalue weighted by molar-refractivity contribution is 0.0586. The normalized spacial score (nSPS) is 13.9. The summed E-state index contributed by atoms with van der Waals surface area (Å²) in [6.07, 6.45) is 4.43. The second-order valence-corrected chi connectivity index (χ2v) is 4.90. The third kappa shape index (κ3) is 3.60. The van der Waals surface area contributed by atoms with E-state index < -0.39 is 5.97 Å². The molecule has 6 nitrogen and oxygen atoms in total. The Morgan fingerprint density at radius 1 is 1.63 bits per heavy atom. The van der Waals surface area contributed by atoms with Gasteiger partial charge >= 0.3 is 5.97 Å². The SMILES string of the molecule is COC(=O)c1nccc(N(CCC(N)=S)C2CC2)n1. The second kappa shape index (κ2) is 5.92. The average molecular weight is 280 g/mol. The number of carbonyl (C=O) groups is 1. The van der Waals surface area contributed by atoms with Crippen molar-refractivity contribution in [2.45, 2.75) is 25.3 Å². The summed E-state index contributed by atoms with van der Waals surface area (Å²) in [6.45, 7) is 0.706. The number of thiocarbonyl (C=S) groups is 1. The van der Waals surface area contributed by atoms with Gasteiger partial charge in [0.2, 0.25) is 5.82 Å². The molecule has 2 rings (SSSR count). The van der Waals surface area contributed by atoms with Crippen molar-refractivity contribution in [3.05, 3.63) is 18.1 Å². The van der Waals surface area contributed by atoms with Gasteiger partial charge in [-0.3, -0.25) is 0 Å². The zero-order chi connectivity index (χ0) is 13.8. The third-order valence-corrected chi connectivity index (χ3v) is 3.09. The van der Waals surface area contributed by atoms with Crippen molar-refractivity contribution in [3.63, 3.8) is 0 Å². The number of methoxy groups -OCH3 is 1. The highest BCUT2D eigenvalue weighted by Crippen LogP contribution is 2.30. The van der Waals surface area contributed by atoms with Crippen LogP contribution in [0, 0.1) is 0 Å². The summed E-state index contributed by atoms with van der Waals surface area (Å²) in [5.41, 5.74) is 5.54. The van der Waals surface area contributed by atoms with E-state index in [4.69, 9.17) is 18.0 Å². The topological polar surface area (TPSA) is 81.3 Å². The standard InChI is InChI=1S/C12H16N4O2S/c1-18-12(17)11-14-6-4-10(15-11)16(8-2-3-8)7-5-9(13)19/h4,6,8H,2-3,5,7H2,1H3,(H2,13,19). The first-order chi connectivity index (χ1) is 9.11. The van der Waals surface area contributed by atoms with Crippen molar-refractivity contribution >= 4 is 29.0 Å². The number of nitrogens with two attached hydrogens (primary N) is 1. The highest BCUT2D eigenvalue weighted by Gasteiger charge is 2.30. The molecule has 0 amide bonds.